The van der Waals surface area contributed by atoms with Crippen LogP contribution in [0.5, 0.6) is 0 Å². The van der Waals surface area contributed by atoms with E-state index in [4.69, 9.17) is 5.26 Å². The normalized spacial score (nSPS) is 18.4. The number of hydrogen-bond acceptors (Lipinski definition) is 4. The highest BCUT2D eigenvalue weighted by molar-refractivity contribution is 5.37. The summed E-state index contributed by atoms with van der Waals surface area (Å²) in [7, 11) is 0. The van der Waals surface area contributed by atoms with E-state index in [-0.39, 0.29) is 6.61 Å². The predicted octanol–water partition coefficient (Wildman–Crippen LogP) is 1.24. The number of rotatable bonds is 6. The molecule has 4 nitrogen and oxygen atoms in total. The first-order valence-electron chi connectivity index (χ1n) is 6.98. The van der Waals surface area contributed by atoms with E-state index < -0.39 is 5.82 Å². The molecule has 0 saturated carbocycles. The van der Waals surface area contributed by atoms with Gasteiger partial charge in [-0.05, 0) is 37.1 Å². The lowest BCUT2D eigenvalue weighted by Crippen LogP contribution is -2.38. The van der Waals surface area contributed by atoms with Gasteiger partial charge in [0.15, 0.2) is 0 Å². The van der Waals surface area contributed by atoms with Crippen LogP contribution in [0.1, 0.15) is 24.0 Å². The van der Waals surface area contributed by atoms with E-state index in [0.29, 0.717) is 24.7 Å². The molecule has 108 valence electrons. The van der Waals surface area contributed by atoms with Gasteiger partial charge in [-0.2, -0.15) is 5.26 Å². The van der Waals surface area contributed by atoms with Gasteiger partial charge in [0.25, 0.3) is 0 Å². The Morgan fingerprint density at radius 3 is 3.00 bits per heavy atom. The molecule has 1 heterocycles. The fourth-order valence-electron chi connectivity index (χ4n) is 2.63. The molecule has 1 aliphatic rings. The molecule has 1 aromatic rings. The lowest BCUT2D eigenvalue weighted by molar-refractivity contribution is 0.179. The third-order valence-corrected chi connectivity index (χ3v) is 3.64. The van der Waals surface area contributed by atoms with Crippen LogP contribution in [0.4, 0.5) is 4.39 Å². The van der Waals surface area contributed by atoms with Crippen molar-refractivity contribution in [1.29, 1.82) is 5.26 Å². The molecule has 0 amide bonds. The van der Waals surface area contributed by atoms with Gasteiger partial charge in [0, 0.05) is 25.7 Å². The first-order valence-corrected chi connectivity index (χ1v) is 6.98. The maximum atomic E-state index is 13.1. The van der Waals surface area contributed by atoms with Crippen LogP contribution < -0.4 is 5.32 Å². The number of benzene rings is 1. The molecule has 1 fully saturated rings. The maximum Gasteiger partial charge on any atom is 0.124 e. The molecule has 5 heteroatoms. The van der Waals surface area contributed by atoms with Crippen molar-refractivity contribution in [2.45, 2.75) is 25.4 Å². The van der Waals surface area contributed by atoms with Gasteiger partial charge in [-0.3, -0.25) is 4.90 Å². The Bertz CT molecular complexity index is 480. The van der Waals surface area contributed by atoms with Crippen LogP contribution in [0.25, 0.3) is 0 Å². The Morgan fingerprint density at radius 1 is 1.50 bits per heavy atom. The van der Waals surface area contributed by atoms with Crippen molar-refractivity contribution in [1.82, 2.24) is 10.2 Å². The monoisotopic (exact) mass is 277 g/mol. The SMILES string of the molecule is N#Cc1cc(F)ccc1CN(CCO)CC1CCCN1. The van der Waals surface area contributed by atoms with Gasteiger partial charge >= 0.3 is 0 Å². The Balaban J connectivity index is 2.05. The number of halogens is 1. The molecular formula is C15H20FN3O. The van der Waals surface area contributed by atoms with Gasteiger partial charge in [0.05, 0.1) is 18.2 Å². The number of nitriles is 1. The van der Waals surface area contributed by atoms with Crippen molar-refractivity contribution in [2.75, 3.05) is 26.2 Å². The van der Waals surface area contributed by atoms with Gasteiger partial charge in [0.1, 0.15) is 5.82 Å². The zero-order chi connectivity index (χ0) is 14.4. The highest BCUT2D eigenvalue weighted by Crippen LogP contribution is 2.15. The van der Waals surface area contributed by atoms with Gasteiger partial charge in [-0.15, -0.1) is 0 Å². The number of nitrogens with one attached hydrogen (secondary N) is 1. The molecule has 1 aromatic carbocycles. The maximum absolute atomic E-state index is 13.1. The highest BCUT2D eigenvalue weighted by Gasteiger charge is 2.18. The van der Waals surface area contributed by atoms with Crippen LogP contribution in [0.15, 0.2) is 18.2 Å². The van der Waals surface area contributed by atoms with E-state index >= 15 is 0 Å². The van der Waals surface area contributed by atoms with Crippen LogP contribution in [0.2, 0.25) is 0 Å². The summed E-state index contributed by atoms with van der Waals surface area (Å²) < 4.78 is 13.1. The van der Waals surface area contributed by atoms with Crippen molar-refractivity contribution in [2.24, 2.45) is 0 Å². The van der Waals surface area contributed by atoms with Crippen molar-refractivity contribution >= 4 is 0 Å². The highest BCUT2D eigenvalue weighted by atomic mass is 19.1. The topological polar surface area (TPSA) is 59.3 Å². The summed E-state index contributed by atoms with van der Waals surface area (Å²) in [6.45, 7) is 3.07. The Morgan fingerprint density at radius 2 is 2.35 bits per heavy atom. The molecule has 0 bridgehead atoms. The second-order valence-corrected chi connectivity index (χ2v) is 5.17. The fourth-order valence-corrected chi connectivity index (χ4v) is 2.63. The first kappa shape index (κ1) is 14.9. The molecule has 0 radical (unpaired) electrons. The zero-order valence-electron chi connectivity index (χ0n) is 11.5. The van der Waals surface area contributed by atoms with Gasteiger partial charge in [-0.1, -0.05) is 6.07 Å². The predicted molar refractivity (Wildman–Crippen MR) is 74.5 cm³/mol. The Hall–Kier alpha value is -1.48. The quantitative estimate of drug-likeness (QED) is 0.821. The lowest BCUT2D eigenvalue weighted by atomic mass is 10.1. The van der Waals surface area contributed by atoms with E-state index in [1.807, 2.05) is 6.07 Å². The van der Waals surface area contributed by atoms with E-state index in [0.717, 1.165) is 25.1 Å². The largest absolute Gasteiger partial charge is 0.395 e. The number of hydrogen-bond donors (Lipinski definition) is 2. The molecule has 1 unspecified atom stereocenters. The summed E-state index contributed by atoms with van der Waals surface area (Å²) in [5, 5.41) is 21.7. The van der Waals surface area contributed by atoms with Crippen molar-refractivity contribution < 1.29 is 9.50 Å². The summed E-state index contributed by atoms with van der Waals surface area (Å²) in [5.41, 5.74) is 1.17. The minimum atomic E-state index is -0.392. The second kappa shape index (κ2) is 7.34. The molecule has 2 N–H and O–H groups in total. The van der Waals surface area contributed by atoms with Crippen molar-refractivity contribution in [3.05, 3.63) is 35.1 Å². The van der Waals surface area contributed by atoms with Crippen LogP contribution in [0.3, 0.4) is 0 Å². The summed E-state index contributed by atoms with van der Waals surface area (Å²) in [6.07, 6.45) is 2.31. The molecule has 1 saturated heterocycles. The molecule has 0 aromatic heterocycles. The van der Waals surface area contributed by atoms with E-state index in [1.54, 1.807) is 6.07 Å². The minimum absolute atomic E-state index is 0.0792. The van der Waals surface area contributed by atoms with E-state index in [2.05, 4.69) is 10.2 Å². The number of nitrogens with zero attached hydrogens (tertiary/aromatic N) is 2. The molecule has 2 rings (SSSR count). The summed E-state index contributed by atoms with van der Waals surface area (Å²) in [5.74, 6) is -0.392. The minimum Gasteiger partial charge on any atom is -0.395 e. The molecule has 1 aliphatic heterocycles. The Labute approximate surface area is 118 Å². The molecule has 20 heavy (non-hydrogen) atoms. The van der Waals surface area contributed by atoms with Gasteiger partial charge < -0.3 is 10.4 Å². The molecule has 1 atom stereocenters. The van der Waals surface area contributed by atoms with Crippen LogP contribution in [-0.2, 0) is 6.54 Å². The summed E-state index contributed by atoms with van der Waals surface area (Å²) in [4.78, 5) is 2.11. The summed E-state index contributed by atoms with van der Waals surface area (Å²) in [6, 6.07) is 6.76. The van der Waals surface area contributed by atoms with Crippen molar-refractivity contribution in [3.63, 3.8) is 0 Å². The third-order valence-electron chi connectivity index (χ3n) is 3.64. The van der Waals surface area contributed by atoms with E-state index in [1.165, 1.54) is 18.6 Å². The average Bonchev–Trinajstić information content (AvgIpc) is 2.94. The van der Waals surface area contributed by atoms with Crippen molar-refractivity contribution in [3.8, 4) is 6.07 Å². The molecule has 0 aliphatic carbocycles. The standard InChI is InChI=1S/C15H20FN3O/c16-14-4-3-12(13(8-14)9-17)10-19(6-7-20)11-15-2-1-5-18-15/h3-4,8,15,18,20H,1-2,5-7,10-11H2. The molecular weight excluding hydrogens is 257 g/mol. The van der Waals surface area contributed by atoms with Gasteiger partial charge in [-0.25, -0.2) is 4.39 Å². The van der Waals surface area contributed by atoms with Crippen LogP contribution in [0, 0.1) is 17.1 Å². The smallest absolute Gasteiger partial charge is 0.124 e. The van der Waals surface area contributed by atoms with Crippen LogP contribution in [-0.4, -0.2) is 42.3 Å². The lowest BCUT2D eigenvalue weighted by Gasteiger charge is -2.25. The van der Waals surface area contributed by atoms with Crippen LogP contribution >= 0.6 is 0 Å². The summed E-state index contributed by atoms with van der Waals surface area (Å²) >= 11 is 0. The number of aliphatic hydroxyl groups excluding tert-OH is 1. The average molecular weight is 277 g/mol. The Kier molecular flexibility index (Phi) is 5.48. The fraction of sp³-hybridized carbons (Fsp3) is 0.533. The van der Waals surface area contributed by atoms with Gasteiger partial charge in [0.2, 0.25) is 0 Å². The second-order valence-electron chi connectivity index (χ2n) is 5.17. The van der Waals surface area contributed by atoms with E-state index in [9.17, 15) is 9.50 Å². The third kappa shape index (κ3) is 4.01. The zero-order valence-corrected chi connectivity index (χ0v) is 11.5. The molecule has 0 spiro atoms. The first-order chi connectivity index (χ1) is 9.72. The number of aliphatic hydroxyl groups is 1.